The number of fused-ring (bicyclic) bond motifs is 55. The molecule has 26 aromatic carbocycles. The van der Waals surface area contributed by atoms with E-state index in [-0.39, 0.29) is 0 Å². The zero-order valence-corrected chi connectivity index (χ0v) is 82.5. The molecule has 36 rings (SSSR count). The quantitative estimate of drug-likeness (QED) is 0.155. The van der Waals surface area contributed by atoms with Crippen LogP contribution in [0.1, 0.15) is 66.8 Å². The predicted molar refractivity (Wildman–Crippen MR) is 630 cm³/mol. The fourth-order valence-corrected chi connectivity index (χ4v) is 32.3. The second-order valence-electron chi connectivity index (χ2n) is 41.4. The van der Waals surface area contributed by atoms with Crippen molar-refractivity contribution in [3.63, 3.8) is 0 Å². The molecule has 0 saturated heterocycles. The Morgan fingerprint density at radius 3 is 0.791 bits per heavy atom. The summed E-state index contributed by atoms with van der Waals surface area (Å²) in [6, 6.07) is 188. The number of thiophene rings is 3. The van der Waals surface area contributed by atoms with E-state index >= 15 is 0 Å². The third-order valence-corrected chi connectivity index (χ3v) is 38.2. The number of hydrogen-bond donors (Lipinski definition) is 0. The summed E-state index contributed by atoms with van der Waals surface area (Å²) in [5, 5.41) is 26.6. The molecule has 3 unspecified atom stereocenters. The Bertz CT molecular complexity index is 11100. The molecule has 0 N–H and O–H groups in total. The Morgan fingerprint density at radius 2 is 0.365 bits per heavy atom. The van der Waals surface area contributed by atoms with Gasteiger partial charge in [0.05, 0.1) is 16.2 Å². The smallest absolute Gasteiger partial charge is 0.0726 e. The minimum Gasteiger partial charge on any atom is -0.135 e. The van der Waals surface area contributed by atoms with Crippen LogP contribution in [0.25, 0.3) is 258 Å². The highest BCUT2D eigenvalue weighted by Gasteiger charge is 2.57. The summed E-state index contributed by atoms with van der Waals surface area (Å²) < 4.78 is 8.05. The van der Waals surface area contributed by atoms with E-state index in [0.29, 0.717) is 0 Å². The molecule has 0 aliphatic heterocycles. The van der Waals surface area contributed by atoms with Crippen molar-refractivity contribution in [1.82, 2.24) is 0 Å². The van der Waals surface area contributed by atoms with Crippen molar-refractivity contribution in [1.29, 1.82) is 0 Å². The molecule has 3 atom stereocenters. The second-order valence-corrected chi connectivity index (χ2v) is 44.6. The second kappa shape index (κ2) is 30.2. The maximum absolute atomic E-state index is 2.56. The summed E-state index contributed by atoms with van der Waals surface area (Å²) in [7, 11) is 0. The lowest BCUT2D eigenvalue weighted by atomic mass is 9.70. The first kappa shape index (κ1) is 81.6. The van der Waals surface area contributed by atoms with Gasteiger partial charge in [-0.2, -0.15) is 0 Å². The maximum atomic E-state index is 2.56. The molecule has 0 saturated carbocycles. The normalized spacial score (nSPS) is 15.8. The van der Waals surface area contributed by atoms with Crippen LogP contribution in [0.4, 0.5) is 0 Å². The Balaban J connectivity index is 0.0000000949. The van der Waals surface area contributed by atoms with Crippen molar-refractivity contribution in [3.8, 4) is 122 Å². The zero-order valence-electron chi connectivity index (χ0n) is 80.1. The summed E-state index contributed by atoms with van der Waals surface area (Å²) in [6.45, 7) is 0. The van der Waals surface area contributed by atoms with Crippen molar-refractivity contribution in [2.24, 2.45) is 0 Å². The molecule has 3 aromatic heterocycles. The SMILES string of the molecule is c1ccc2c(c1)-c1cc(-c3ccc4sc5ccccc5c4c3)ccc1C21c2ccccc2-c2cc3c4ccccc4c4ccccc4c3cc21.c1ccc2c(c1)-c1cc3c4ccccc4c4ccccc4c3cc1C21c2ccccc2-c2c(-c3ccc4sc5ccccc5c4c3)cccc21.c1ccc2c(c1)-c1cccc3c4c(cc-2c13)C1(c2ccccc2-c2c(-c3ccc5sc6ccccc6c5c3)cccc21)c1ccccc1-4. The highest BCUT2D eigenvalue weighted by atomic mass is 32.1. The topological polar surface area (TPSA) is 0 Å². The van der Waals surface area contributed by atoms with E-state index in [1.165, 1.54) is 325 Å². The van der Waals surface area contributed by atoms with Crippen molar-refractivity contribution < 1.29 is 0 Å². The molecule has 7 aliphatic carbocycles. The van der Waals surface area contributed by atoms with Crippen molar-refractivity contribution >= 4 is 170 Å². The van der Waals surface area contributed by atoms with Gasteiger partial charge in [-0.05, 0) is 356 Å². The number of benzene rings is 26. The fraction of sp³-hybridized carbons (Fsp3) is 0.0207. The van der Waals surface area contributed by atoms with Gasteiger partial charge in [0, 0.05) is 60.5 Å². The van der Waals surface area contributed by atoms with Gasteiger partial charge in [0.2, 0.25) is 0 Å². The van der Waals surface area contributed by atoms with Crippen LogP contribution in [0.3, 0.4) is 0 Å². The molecule has 0 amide bonds. The first-order valence-corrected chi connectivity index (χ1v) is 54.1. The molecule has 148 heavy (non-hydrogen) atoms. The van der Waals surface area contributed by atoms with Crippen LogP contribution in [0.5, 0.6) is 0 Å². The highest BCUT2D eigenvalue weighted by Crippen LogP contribution is 2.71. The van der Waals surface area contributed by atoms with Crippen LogP contribution >= 0.6 is 34.0 Å². The average Bonchev–Trinajstić information content (AvgIpc) is 1.51. The van der Waals surface area contributed by atoms with Gasteiger partial charge < -0.3 is 0 Å². The first-order valence-electron chi connectivity index (χ1n) is 51.6. The summed E-state index contributed by atoms with van der Waals surface area (Å²) in [5.74, 6) is 0. The minimum atomic E-state index is -0.423. The number of rotatable bonds is 3. The zero-order chi connectivity index (χ0) is 96.2. The molecule has 3 heterocycles. The molecular formula is C145H82S3. The lowest BCUT2D eigenvalue weighted by Crippen LogP contribution is -2.26. The van der Waals surface area contributed by atoms with Crippen LogP contribution in [0.2, 0.25) is 0 Å². The van der Waals surface area contributed by atoms with E-state index in [4.69, 9.17) is 0 Å². The third-order valence-electron chi connectivity index (χ3n) is 34.8. The molecule has 0 bridgehead atoms. The lowest BCUT2D eigenvalue weighted by Gasteiger charge is -2.31. The van der Waals surface area contributed by atoms with Crippen LogP contribution < -0.4 is 0 Å². The highest BCUT2D eigenvalue weighted by molar-refractivity contribution is 7.26. The van der Waals surface area contributed by atoms with Gasteiger partial charge in [0.25, 0.3) is 0 Å². The summed E-state index contributed by atoms with van der Waals surface area (Å²) in [6.07, 6.45) is 0. The van der Waals surface area contributed by atoms with Gasteiger partial charge >= 0.3 is 0 Å². The van der Waals surface area contributed by atoms with Crippen LogP contribution in [0.15, 0.2) is 497 Å². The Hall–Kier alpha value is -17.8. The summed E-state index contributed by atoms with van der Waals surface area (Å²) in [4.78, 5) is 0. The van der Waals surface area contributed by atoms with E-state index in [1.807, 2.05) is 34.0 Å². The molecule has 3 heteroatoms. The summed E-state index contributed by atoms with van der Waals surface area (Å²) >= 11 is 5.64. The van der Waals surface area contributed by atoms with Crippen molar-refractivity contribution in [2.75, 3.05) is 0 Å². The molecule has 680 valence electrons. The molecule has 29 aromatic rings. The summed E-state index contributed by atoms with van der Waals surface area (Å²) in [5.41, 5.74) is 44.6. The van der Waals surface area contributed by atoms with E-state index in [0.717, 1.165) is 0 Å². The van der Waals surface area contributed by atoms with Gasteiger partial charge in [-0.15, -0.1) is 34.0 Å². The standard InChI is InChI=1S/2C49H28S.C47H26S/c1-3-14-33-31(12-1)32-13-2-4-15-34(32)39-28-45-40(27-38(33)39)35-16-5-8-20-42(35)49(45)43-21-9-6-18-37(43)48-30(19-11-22-44(48)49)29-24-25-47-41(26-29)36-17-7-10-23-46(36)50-47;1-3-13-33-31(11-1)32-12-2-4-14-34(32)39-28-46-41(27-38(33)39)36-16-6-9-19-44(36)49(46)43-18-8-5-15-35(43)40-25-29(21-23-45(40)49)30-22-24-48-42(26-30)37-17-7-10-20-47(37)50-48;1-2-12-30-29(11-1)32-17-9-18-35-44(32)37(30)26-41-46(35)34-15-4-7-20-39(34)47(41)38-19-6-3-14-33(38)45-28(16-10-21-40(45)47)27-23-24-43-36(25-27)31-13-5-8-22-42(31)48-43/h2*1-28H;1-26H. The largest absolute Gasteiger partial charge is 0.135 e. The Kier molecular flexibility index (Phi) is 16.6. The van der Waals surface area contributed by atoms with Crippen LogP contribution in [-0.2, 0) is 16.2 Å². The monoisotopic (exact) mass is 1920 g/mol. The molecule has 0 fully saturated rings. The Morgan fingerprint density at radius 1 is 0.108 bits per heavy atom. The molecular weight excluding hydrogens is 1840 g/mol. The molecule has 7 aliphatic rings. The molecule has 3 spiro atoms. The van der Waals surface area contributed by atoms with Crippen LogP contribution in [0, 0.1) is 0 Å². The van der Waals surface area contributed by atoms with Crippen molar-refractivity contribution in [3.05, 3.63) is 564 Å². The van der Waals surface area contributed by atoms with E-state index < -0.39 is 16.2 Å². The van der Waals surface area contributed by atoms with E-state index in [9.17, 15) is 0 Å². The fourth-order valence-electron chi connectivity index (χ4n) is 29.0. The van der Waals surface area contributed by atoms with Gasteiger partial charge in [-0.1, -0.05) is 406 Å². The van der Waals surface area contributed by atoms with Gasteiger partial charge in [0.1, 0.15) is 0 Å². The van der Waals surface area contributed by atoms with E-state index in [2.05, 4.69) is 497 Å². The van der Waals surface area contributed by atoms with Gasteiger partial charge in [-0.25, -0.2) is 0 Å². The third kappa shape index (κ3) is 10.6. The number of hydrogen-bond acceptors (Lipinski definition) is 3. The maximum Gasteiger partial charge on any atom is 0.0726 e. The predicted octanol–water partition coefficient (Wildman–Crippen LogP) is 39.9. The van der Waals surface area contributed by atoms with Crippen molar-refractivity contribution in [2.45, 2.75) is 16.2 Å². The van der Waals surface area contributed by atoms with E-state index in [1.54, 1.807) is 0 Å². The molecule has 0 nitrogen and oxygen atoms in total. The average molecular weight is 1920 g/mol. The minimum absolute atomic E-state index is 0.398. The van der Waals surface area contributed by atoms with Gasteiger partial charge in [-0.3, -0.25) is 0 Å². The van der Waals surface area contributed by atoms with Gasteiger partial charge in [0.15, 0.2) is 0 Å². The first-order chi connectivity index (χ1) is 73.4. The van der Waals surface area contributed by atoms with Crippen LogP contribution in [-0.4, -0.2) is 0 Å². The Labute approximate surface area is 865 Å². The lowest BCUT2D eigenvalue weighted by molar-refractivity contribution is 0.795. The molecule has 0 radical (unpaired) electrons.